The van der Waals surface area contributed by atoms with Gasteiger partial charge in [0.2, 0.25) is 0 Å². The smallest absolute Gasteiger partial charge is 0.306 e. The van der Waals surface area contributed by atoms with Crippen LogP contribution in [-0.2, 0) is 10.3 Å². The van der Waals surface area contributed by atoms with Gasteiger partial charge in [0, 0.05) is 6.20 Å². The summed E-state index contributed by atoms with van der Waals surface area (Å²) in [6.07, 6.45) is 2.66. The average molecular weight is 354 g/mol. The number of carbonyl (C=O) groups excluding carboxylic acids is 1. The summed E-state index contributed by atoms with van der Waals surface area (Å²) in [5.41, 5.74) is 0.243. The van der Waals surface area contributed by atoms with Gasteiger partial charge in [0.15, 0.2) is 0 Å². The lowest BCUT2D eigenvalue weighted by molar-refractivity contribution is -0.138. The van der Waals surface area contributed by atoms with Gasteiger partial charge in [-0.25, -0.2) is 9.97 Å². The highest BCUT2D eigenvalue weighted by Gasteiger charge is 2.32. The average Bonchev–Trinajstić information content (AvgIpc) is 3.09. The summed E-state index contributed by atoms with van der Waals surface area (Å²) in [4.78, 5) is 35.2. The predicted molar refractivity (Wildman–Crippen MR) is 94.0 cm³/mol. The molecule has 8 heteroatoms. The molecule has 0 aliphatic heterocycles. The second-order valence-electron chi connectivity index (χ2n) is 6.05. The van der Waals surface area contributed by atoms with E-state index < -0.39 is 17.4 Å². The number of nitrogens with one attached hydrogen (secondary N) is 2. The molecule has 1 atom stereocenters. The Hall–Kier alpha value is -3.42. The molecule has 0 bridgehead atoms. The minimum atomic E-state index is -1.12. The molecule has 0 aliphatic carbocycles. The molecule has 0 radical (unpaired) electrons. The molecule has 8 nitrogen and oxygen atoms in total. The van der Waals surface area contributed by atoms with Gasteiger partial charge in [-0.15, -0.1) is 0 Å². The molecule has 2 heterocycles. The second-order valence-corrected chi connectivity index (χ2v) is 6.05. The molecule has 3 N–H and O–H groups in total. The van der Waals surface area contributed by atoms with Gasteiger partial charge >= 0.3 is 5.97 Å². The fourth-order valence-corrected chi connectivity index (χ4v) is 2.84. The van der Waals surface area contributed by atoms with Crippen molar-refractivity contribution in [3.05, 3.63) is 54.1 Å². The Morgan fingerprint density at radius 2 is 1.96 bits per heavy atom. The van der Waals surface area contributed by atoms with E-state index in [4.69, 9.17) is 4.74 Å². The van der Waals surface area contributed by atoms with Crippen molar-refractivity contribution in [3.63, 3.8) is 0 Å². The first-order valence-corrected chi connectivity index (χ1v) is 7.90. The number of aliphatic carboxylic acids is 1. The van der Waals surface area contributed by atoms with Crippen LogP contribution in [0.25, 0.3) is 11.0 Å². The monoisotopic (exact) mass is 354 g/mol. The maximum absolute atomic E-state index is 12.8. The first-order valence-electron chi connectivity index (χ1n) is 7.90. The Morgan fingerprint density at radius 3 is 2.62 bits per heavy atom. The van der Waals surface area contributed by atoms with Crippen LogP contribution in [-0.4, -0.2) is 39.0 Å². The topological polar surface area (TPSA) is 117 Å². The number of carboxylic acids is 1. The van der Waals surface area contributed by atoms with Gasteiger partial charge < -0.3 is 20.1 Å². The van der Waals surface area contributed by atoms with Crippen molar-refractivity contribution in [3.8, 4) is 5.75 Å². The summed E-state index contributed by atoms with van der Waals surface area (Å²) < 4.78 is 5.13. The van der Waals surface area contributed by atoms with Crippen LogP contribution in [0.1, 0.15) is 29.4 Å². The molecular formula is C18H18N4O4. The lowest BCUT2D eigenvalue weighted by Crippen LogP contribution is -2.45. The Balaban J connectivity index is 1.96. The third-order valence-electron chi connectivity index (χ3n) is 4.19. The zero-order chi connectivity index (χ0) is 18.7. The normalized spacial score (nSPS) is 13.2. The van der Waals surface area contributed by atoms with Gasteiger partial charge in [0.25, 0.3) is 5.91 Å². The van der Waals surface area contributed by atoms with E-state index >= 15 is 0 Å². The number of ether oxygens (including phenoxy) is 1. The van der Waals surface area contributed by atoms with Crippen LogP contribution in [0.3, 0.4) is 0 Å². The summed E-state index contributed by atoms with van der Waals surface area (Å²) in [6, 6.07) is 8.60. The largest absolute Gasteiger partial charge is 0.497 e. The van der Waals surface area contributed by atoms with E-state index in [1.54, 1.807) is 50.6 Å². The zero-order valence-electron chi connectivity index (χ0n) is 14.3. The Bertz CT molecular complexity index is 951. The summed E-state index contributed by atoms with van der Waals surface area (Å²) >= 11 is 0. The van der Waals surface area contributed by atoms with Crippen molar-refractivity contribution in [2.45, 2.75) is 18.9 Å². The van der Waals surface area contributed by atoms with Crippen LogP contribution in [0.15, 0.2) is 42.9 Å². The van der Waals surface area contributed by atoms with Gasteiger partial charge in [0.05, 0.1) is 24.5 Å². The molecule has 134 valence electrons. The molecule has 0 saturated heterocycles. The molecule has 1 aromatic carbocycles. The summed E-state index contributed by atoms with van der Waals surface area (Å²) in [6.45, 7) is 1.66. The lowest BCUT2D eigenvalue weighted by Gasteiger charge is -2.30. The molecule has 0 fully saturated rings. The quantitative estimate of drug-likeness (QED) is 0.624. The maximum atomic E-state index is 12.8. The summed E-state index contributed by atoms with van der Waals surface area (Å²) in [5, 5.41) is 12.7. The highest BCUT2D eigenvalue weighted by Crippen LogP contribution is 2.27. The number of carbonyl (C=O) groups is 2. The predicted octanol–water partition coefficient (Wildman–Crippen LogP) is 2.09. The molecular weight excluding hydrogens is 336 g/mol. The standard InChI is InChI=1S/C18H18N4O4/c1-18(9-14(23)24,11-3-5-12(26-2)6-4-11)22-17(25)15-13-7-8-19-16(13)21-10-20-15/h3-8,10H,9H2,1-2H3,(H,22,25)(H,23,24)(H,19,20,21)/t18-/m1/s1. The number of benzene rings is 1. The summed E-state index contributed by atoms with van der Waals surface area (Å²) in [7, 11) is 1.55. The highest BCUT2D eigenvalue weighted by atomic mass is 16.5. The van der Waals surface area contributed by atoms with Gasteiger partial charge in [-0.05, 0) is 30.7 Å². The van der Waals surface area contributed by atoms with E-state index in [2.05, 4.69) is 20.3 Å². The Labute approximate surface area is 149 Å². The highest BCUT2D eigenvalue weighted by molar-refractivity contribution is 6.04. The molecule has 26 heavy (non-hydrogen) atoms. The number of fused-ring (bicyclic) bond motifs is 1. The number of amides is 1. The Morgan fingerprint density at radius 1 is 1.23 bits per heavy atom. The minimum absolute atomic E-state index is 0.182. The molecule has 3 aromatic rings. The van der Waals surface area contributed by atoms with Crippen molar-refractivity contribution < 1.29 is 19.4 Å². The van der Waals surface area contributed by atoms with Crippen molar-refractivity contribution in [1.82, 2.24) is 20.3 Å². The molecule has 0 saturated carbocycles. The number of H-pyrrole nitrogens is 1. The third-order valence-corrected chi connectivity index (χ3v) is 4.19. The van der Waals surface area contributed by atoms with Crippen molar-refractivity contribution in [2.75, 3.05) is 7.11 Å². The number of hydrogen-bond donors (Lipinski definition) is 3. The van der Waals surface area contributed by atoms with Crippen LogP contribution in [0.4, 0.5) is 0 Å². The van der Waals surface area contributed by atoms with Gasteiger partial charge in [-0.3, -0.25) is 9.59 Å². The van der Waals surface area contributed by atoms with Crippen LogP contribution in [0, 0.1) is 0 Å². The van der Waals surface area contributed by atoms with Crippen molar-refractivity contribution in [2.24, 2.45) is 0 Å². The van der Waals surface area contributed by atoms with Crippen LogP contribution >= 0.6 is 0 Å². The van der Waals surface area contributed by atoms with Crippen LogP contribution < -0.4 is 10.1 Å². The van der Waals surface area contributed by atoms with E-state index in [1.807, 2.05) is 0 Å². The molecule has 1 amide bonds. The van der Waals surface area contributed by atoms with Gasteiger partial charge in [-0.1, -0.05) is 12.1 Å². The lowest BCUT2D eigenvalue weighted by atomic mass is 9.88. The molecule has 0 aliphatic rings. The number of aromatic nitrogens is 3. The number of nitrogens with zero attached hydrogens (tertiary/aromatic N) is 2. The van der Waals surface area contributed by atoms with Crippen molar-refractivity contribution in [1.29, 1.82) is 0 Å². The fraction of sp³-hybridized carbons (Fsp3) is 0.222. The minimum Gasteiger partial charge on any atom is -0.497 e. The van der Waals surface area contributed by atoms with E-state index in [0.717, 1.165) is 0 Å². The van der Waals surface area contributed by atoms with E-state index in [-0.39, 0.29) is 12.1 Å². The first kappa shape index (κ1) is 17.4. The molecule has 2 aromatic heterocycles. The summed E-state index contributed by atoms with van der Waals surface area (Å²) in [5.74, 6) is -0.864. The number of rotatable bonds is 6. The number of methoxy groups -OCH3 is 1. The van der Waals surface area contributed by atoms with Crippen LogP contribution in [0.5, 0.6) is 5.75 Å². The van der Waals surface area contributed by atoms with E-state index in [9.17, 15) is 14.7 Å². The number of carboxylic acid groups (broad SMARTS) is 1. The number of aromatic amines is 1. The van der Waals surface area contributed by atoms with Gasteiger partial charge in [0.1, 0.15) is 23.4 Å². The second kappa shape index (κ2) is 6.83. The van der Waals surface area contributed by atoms with E-state index in [0.29, 0.717) is 22.3 Å². The Kier molecular flexibility index (Phi) is 4.57. The first-order chi connectivity index (χ1) is 12.4. The van der Waals surface area contributed by atoms with Gasteiger partial charge in [-0.2, -0.15) is 0 Å². The molecule has 0 spiro atoms. The van der Waals surface area contributed by atoms with Crippen LogP contribution in [0.2, 0.25) is 0 Å². The SMILES string of the molecule is COc1ccc([C@@](C)(CC(=O)O)NC(=O)c2ncnc3[nH]ccc23)cc1. The van der Waals surface area contributed by atoms with Crippen molar-refractivity contribution >= 4 is 22.9 Å². The fourth-order valence-electron chi connectivity index (χ4n) is 2.84. The third kappa shape index (κ3) is 3.34. The number of hydrogen-bond acceptors (Lipinski definition) is 5. The van der Waals surface area contributed by atoms with E-state index in [1.165, 1.54) is 6.33 Å². The molecule has 3 rings (SSSR count). The zero-order valence-corrected chi connectivity index (χ0v) is 14.3. The maximum Gasteiger partial charge on any atom is 0.306 e. The molecule has 0 unspecified atom stereocenters.